The maximum atomic E-state index is 10.5. The second kappa shape index (κ2) is 4.60. The molecule has 0 amide bonds. The Kier molecular flexibility index (Phi) is 4.76. The number of halogens is 1. The Morgan fingerprint density at radius 3 is 1.92 bits per heavy atom. The first-order chi connectivity index (χ1) is 5.00. The minimum atomic E-state index is -4.08. The molecular weight excluding hydrogens is 211 g/mol. The van der Waals surface area contributed by atoms with E-state index in [9.17, 15) is 8.42 Å². The fourth-order valence-electron chi connectivity index (χ4n) is 0.607. The van der Waals surface area contributed by atoms with Crippen LogP contribution < -0.4 is 29.6 Å². The Balaban J connectivity index is 0.00000121. The molecule has 0 bridgehead atoms. The van der Waals surface area contributed by atoms with Crippen LogP contribution in [0.25, 0.3) is 0 Å². The molecule has 12 heavy (non-hydrogen) atoms. The van der Waals surface area contributed by atoms with Crippen molar-refractivity contribution in [3.8, 4) is 0 Å². The van der Waals surface area contributed by atoms with Crippen LogP contribution in [0.5, 0.6) is 0 Å². The fourth-order valence-corrected chi connectivity index (χ4v) is 1.21. The molecule has 1 aromatic rings. The van der Waals surface area contributed by atoms with E-state index < -0.39 is 10.1 Å². The van der Waals surface area contributed by atoms with Crippen LogP contribution >= 0.6 is 11.6 Å². The van der Waals surface area contributed by atoms with Gasteiger partial charge in [-0.1, -0.05) is 11.6 Å². The van der Waals surface area contributed by atoms with Crippen LogP contribution in [0.1, 0.15) is 0 Å². The van der Waals surface area contributed by atoms with Crippen molar-refractivity contribution in [1.82, 2.24) is 0 Å². The van der Waals surface area contributed by atoms with E-state index in [4.69, 9.17) is 16.2 Å². The van der Waals surface area contributed by atoms with Crippen molar-refractivity contribution < 1.29 is 42.5 Å². The van der Waals surface area contributed by atoms with E-state index in [1.54, 1.807) is 0 Å². The van der Waals surface area contributed by atoms with Gasteiger partial charge in [-0.05, 0) is 24.3 Å². The van der Waals surface area contributed by atoms with Gasteiger partial charge >= 0.3 is 29.6 Å². The van der Waals surface area contributed by atoms with Crippen molar-refractivity contribution in [2.24, 2.45) is 0 Å². The van der Waals surface area contributed by atoms with Gasteiger partial charge in [0.15, 0.2) is 0 Å². The zero-order chi connectivity index (χ0) is 8.48. The minimum absolute atomic E-state index is 0. The van der Waals surface area contributed by atoms with E-state index >= 15 is 0 Å². The van der Waals surface area contributed by atoms with Gasteiger partial charge in [0, 0.05) is 5.02 Å². The monoisotopic (exact) mass is 215 g/mol. The average molecular weight is 216 g/mol. The molecular formula is C6H5ClNaO3S+. The molecule has 0 aromatic heterocycles. The maximum absolute atomic E-state index is 10.5. The van der Waals surface area contributed by atoms with Crippen molar-refractivity contribution in [2.75, 3.05) is 0 Å². The summed E-state index contributed by atoms with van der Waals surface area (Å²) < 4.78 is 29.4. The summed E-state index contributed by atoms with van der Waals surface area (Å²) in [5.74, 6) is 0. The van der Waals surface area contributed by atoms with Gasteiger partial charge in [0.1, 0.15) is 0 Å². The average Bonchev–Trinajstić information content (AvgIpc) is 1.86. The summed E-state index contributed by atoms with van der Waals surface area (Å²) in [5, 5.41) is 0.428. The predicted octanol–water partition coefficient (Wildman–Crippen LogP) is -1.41. The van der Waals surface area contributed by atoms with Crippen LogP contribution in [-0.2, 0) is 10.1 Å². The SMILES string of the molecule is O=S(=O)(O)c1ccc(Cl)cc1.[Na+]. The predicted molar refractivity (Wildman–Crippen MR) is 41.3 cm³/mol. The van der Waals surface area contributed by atoms with Crippen molar-refractivity contribution >= 4 is 21.7 Å². The molecule has 0 fully saturated rings. The van der Waals surface area contributed by atoms with Gasteiger partial charge in [-0.2, -0.15) is 8.42 Å². The topological polar surface area (TPSA) is 54.4 Å². The molecule has 3 nitrogen and oxygen atoms in total. The van der Waals surface area contributed by atoms with Gasteiger partial charge < -0.3 is 0 Å². The molecule has 0 aliphatic rings. The van der Waals surface area contributed by atoms with E-state index in [-0.39, 0.29) is 34.5 Å². The smallest absolute Gasteiger partial charge is 0.282 e. The van der Waals surface area contributed by atoms with E-state index in [0.717, 1.165) is 0 Å². The summed E-state index contributed by atoms with van der Waals surface area (Å²) in [6, 6.07) is 5.25. The summed E-state index contributed by atoms with van der Waals surface area (Å²) in [6.07, 6.45) is 0. The van der Waals surface area contributed by atoms with Gasteiger partial charge in [-0.15, -0.1) is 0 Å². The zero-order valence-corrected chi connectivity index (χ0v) is 9.93. The first-order valence-electron chi connectivity index (χ1n) is 2.73. The molecule has 1 aromatic carbocycles. The van der Waals surface area contributed by atoms with Crippen molar-refractivity contribution in [3.63, 3.8) is 0 Å². The largest absolute Gasteiger partial charge is 1.00 e. The summed E-state index contributed by atoms with van der Waals surface area (Å²) >= 11 is 5.49. The van der Waals surface area contributed by atoms with Crippen LogP contribution in [0, 0.1) is 0 Å². The molecule has 60 valence electrons. The summed E-state index contributed by atoms with van der Waals surface area (Å²) in [4.78, 5) is -0.151. The van der Waals surface area contributed by atoms with Crippen LogP contribution in [0.4, 0.5) is 0 Å². The molecule has 0 radical (unpaired) electrons. The van der Waals surface area contributed by atoms with E-state index in [0.29, 0.717) is 5.02 Å². The molecule has 0 unspecified atom stereocenters. The van der Waals surface area contributed by atoms with Gasteiger partial charge in [0.2, 0.25) is 0 Å². The zero-order valence-electron chi connectivity index (χ0n) is 6.36. The molecule has 6 heteroatoms. The van der Waals surface area contributed by atoms with Crippen molar-refractivity contribution in [1.29, 1.82) is 0 Å². The molecule has 0 saturated carbocycles. The van der Waals surface area contributed by atoms with Gasteiger partial charge in [-0.25, -0.2) is 0 Å². The number of hydrogen-bond donors (Lipinski definition) is 1. The molecule has 0 atom stereocenters. The number of hydrogen-bond acceptors (Lipinski definition) is 2. The van der Waals surface area contributed by atoms with E-state index in [1.807, 2.05) is 0 Å². The fraction of sp³-hybridized carbons (Fsp3) is 0. The first kappa shape index (κ1) is 12.4. The third kappa shape index (κ3) is 3.43. The molecule has 0 spiro atoms. The number of rotatable bonds is 1. The quantitative estimate of drug-likeness (QED) is 0.463. The summed E-state index contributed by atoms with van der Waals surface area (Å²) in [6.45, 7) is 0. The second-order valence-corrected chi connectivity index (χ2v) is 3.79. The van der Waals surface area contributed by atoms with Crippen LogP contribution in [-0.4, -0.2) is 13.0 Å². The van der Waals surface area contributed by atoms with Gasteiger partial charge in [0.25, 0.3) is 10.1 Å². The Labute approximate surface area is 97.8 Å². The number of benzene rings is 1. The third-order valence-corrected chi connectivity index (χ3v) is 2.23. The molecule has 0 aliphatic heterocycles. The summed E-state index contributed by atoms with van der Waals surface area (Å²) in [7, 11) is -4.08. The first-order valence-corrected chi connectivity index (χ1v) is 4.55. The van der Waals surface area contributed by atoms with Crippen molar-refractivity contribution in [3.05, 3.63) is 29.3 Å². The van der Waals surface area contributed by atoms with Crippen LogP contribution in [0.3, 0.4) is 0 Å². The standard InChI is InChI=1S/C6H5ClO3S.Na/c7-5-1-3-6(4-2-5)11(8,9)10;/h1-4H,(H,8,9,10);/q;+1. The van der Waals surface area contributed by atoms with Crippen LogP contribution in [0.15, 0.2) is 29.2 Å². The Hall–Kier alpha value is 0.420. The Morgan fingerprint density at radius 2 is 1.58 bits per heavy atom. The van der Waals surface area contributed by atoms with E-state index in [2.05, 4.69) is 0 Å². The summed E-state index contributed by atoms with van der Waals surface area (Å²) in [5.41, 5.74) is 0. The second-order valence-electron chi connectivity index (χ2n) is 1.93. The molecule has 1 N–H and O–H groups in total. The molecule has 0 heterocycles. The van der Waals surface area contributed by atoms with E-state index in [1.165, 1.54) is 24.3 Å². The van der Waals surface area contributed by atoms with Gasteiger partial charge in [0.05, 0.1) is 4.90 Å². The van der Waals surface area contributed by atoms with Crippen LogP contribution in [0.2, 0.25) is 5.02 Å². The molecule has 1 rings (SSSR count). The Morgan fingerprint density at radius 1 is 1.17 bits per heavy atom. The Bertz CT molecular complexity index is 346. The normalized spacial score (nSPS) is 10.5. The molecule has 0 aliphatic carbocycles. The third-order valence-electron chi connectivity index (χ3n) is 1.11. The van der Waals surface area contributed by atoms with Crippen molar-refractivity contribution in [2.45, 2.75) is 4.90 Å². The molecule has 0 saturated heterocycles. The van der Waals surface area contributed by atoms with Gasteiger partial charge in [-0.3, -0.25) is 4.55 Å². The maximum Gasteiger partial charge on any atom is 1.00 e. The minimum Gasteiger partial charge on any atom is -0.282 e.